The minimum Gasteiger partial charge on any atom is -0.322 e. The van der Waals surface area contributed by atoms with Crippen LogP contribution in [0.4, 0.5) is 11.4 Å². The number of nitrogens with one attached hydrogen (secondary N) is 1. The number of para-hydroxylation sites is 1. The van der Waals surface area contributed by atoms with E-state index in [-0.39, 0.29) is 11.3 Å². The summed E-state index contributed by atoms with van der Waals surface area (Å²) in [6.45, 7) is 1.88. The van der Waals surface area contributed by atoms with E-state index >= 15 is 0 Å². The van der Waals surface area contributed by atoms with Gasteiger partial charge in [0.25, 0.3) is 11.6 Å². The Bertz CT molecular complexity index is 1010. The average Bonchev–Trinajstić information content (AvgIpc) is 2.65. The summed E-state index contributed by atoms with van der Waals surface area (Å²) in [6, 6.07) is 18.8. The Morgan fingerprint density at radius 2 is 1.78 bits per heavy atom. The van der Waals surface area contributed by atoms with Gasteiger partial charge in [-0.1, -0.05) is 41.6 Å². The van der Waals surface area contributed by atoms with Gasteiger partial charge in [-0.05, 0) is 48.9 Å². The quantitative estimate of drug-likeness (QED) is 0.425. The molecular weight excluding hydrogens is 384 g/mol. The van der Waals surface area contributed by atoms with Crippen molar-refractivity contribution in [2.75, 3.05) is 5.32 Å². The molecule has 3 aromatic rings. The molecule has 0 aliphatic carbocycles. The number of aryl methyl sites for hydroxylation is 1. The van der Waals surface area contributed by atoms with Gasteiger partial charge < -0.3 is 5.32 Å². The SMILES string of the molecule is Cc1ccccc1NC(=O)c1cc([N+](=O)[O-])ccc1Sc1ccc(Cl)cc1. The number of hydrogen-bond acceptors (Lipinski definition) is 4. The van der Waals surface area contributed by atoms with Crippen LogP contribution in [-0.4, -0.2) is 10.8 Å². The third-order valence-corrected chi connectivity index (χ3v) is 5.19. The van der Waals surface area contributed by atoms with Gasteiger partial charge in [-0.15, -0.1) is 0 Å². The first kappa shape index (κ1) is 18.9. The normalized spacial score (nSPS) is 10.4. The summed E-state index contributed by atoms with van der Waals surface area (Å²) >= 11 is 7.25. The lowest BCUT2D eigenvalue weighted by molar-refractivity contribution is -0.384. The lowest BCUT2D eigenvalue weighted by Gasteiger charge is -2.11. The lowest BCUT2D eigenvalue weighted by Crippen LogP contribution is -2.14. The number of anilines is 1. The summed E-state index contributed by atoms with van der Waals surface area (Å²) < 4.78 is 0. The summed E-state index contributed by atoms with van der Waals surface area (Å²) in [5, 5.41) is 14.6. The highest BCUT2D eigenvalue weighted by Crippen LogP contribution is 2.33. The molecule has 0 bridgehead atoms. The van der Waals surface area contributed by atoms with E-state index in [1.54, 1.807) is 24.3 Å². The van der Waals surface area contributed by atoms with Gasteiger partial charge in [0.05, 0.1) is 10.5 Å². The number of halogens is 1. The number of non-ortho nitro benzene ring substituents is 1. The zero-order valence-electron chi connectivity index (χ0n) is 14.3. The molecule has 0 aliphatic rings. The molecule has 0 heterocycles. The third kappa shape index (κ3) is 4.67. The van der Waals surface area contributed by atoms with Gasteiger partial charge in [0.15, 0.2) is 0 Å². The second-order valence-electron chi connectivity index (χ2n) is 5.76. The van der Waals surface area contributed by atoms with E-state index < -0.39 is 10.8 Å². The fraction of sp³-hybridized carbons (Fsp3) is 0.0500. The molecule has 0 aromatic heterocycles. The Morgan fingerprint density at radius 1 is 1.07 bits per heavy atom. The van der Waals surface area contributed by atoms with E-state index in [0.29, 0.717) is 15.6 Å². The average molecular weight is 399 g/mol. The van der Waals surface area contributed by atoms with Crippen LogP contribution in [0.5, 0.6) is 0 Å². The van der Waals surface area contributed by atoms with Crippen LogP contribution >= 0.6 is 23.4 Å². The van der Waals surface area contributed by atoms with Crippen molar-refractivity contribution in [1.82, 2.24) is 0 Å². The molecule has 5 nitrogen and oxygen atoms in total. The summed E-state index contributed by atoms with van der Waals surface area (Å²) in [7, 11) is 0. The van der Waals surface area contributed by atoms with Crippen molar-refractivity contribution in [2.45, 2.75) is 16.7 Å². The largest absolute Gasteiger partial charge is 0.322 e. The van der Waals surface area contributed by atoms with Crippen LogP contribution in [0.2, 0.25) is 5.02 Å². The van der Waals surface area contributed by atoms with Crippen LogP contribution in [0.1, 0.15) is 15.9 Å². The lowest BCUT2D eigenvalue weighted by atomic mass is 10.1. The molecule has 0 spiro atoms. The molecule has 136 valence electrons. The Morgan fingerprint density at radius 3 is 2.44 bits per heavy atom. The predicted molar refractivity (Wildman–Crippen MR) is 108 cm³/mol. The minimum atomic E-state index is -0.513. The number of carbonyl (C=O) groups excluding carboxylic acids is 1. The maximum Gasteiger partial charge on any atom is 0.270 e. The molecular formula is C20H15ClN2O3S. The Balaban J connectivity index is 1.96. The van der Waals surface area contributed by atoms with Crippen LogP contribution in [0.25, 0.3) is 0 Å². The molecule has 0 aliphatic heterocycles. The van der Waals surface area contributed by atoms with E-state index in [4.69, 9.17) is 11.6 Å². The van der Waals surface area contributed by atoms with E-state index in [9.17, 15) is 14.9 Å². The smallest absolute Gasteiger partial charge is 0.270 e. The van der Waals surface area contributed by atoms with Crippen LogP contribution in [0.15, 0.2) is 76.5 Å². The molecule has 0 fully saturated rings. The first-order valence-corrected chi connectivity index (χ1v) is 9.22. The summed E-state index contributed by atoms with van der Waals surface area (Å²) in [6.07, 6.45) is 0. The second kappa shape index (κ2) is 8.24. The standard InChI is InChI=1S/C20H15ClN2O3S/c1-13-4-2-3-5-18(13)22-20(24)17-12-15(23(25)26)8-11-19(17)27-16-9-6-14(21)7-10-16/h2-12H,1H3,(H,22,24). The second-order valence-corrected chi connectivity index (χ2v) is 7.31. The van der Waals surface area contributed by atoms with E-state index in [2.05, 4.69) is 5.32 Å². The summed E-state index contributed by atoms with van der Waals surface area (Å²) in [5.74, 6) is -0.399. The van der Waals surface area contributed by atoms with Crippen LogP contribution in [0.3, 0.4) is 0 Å². The van der Waals surface area contributed by atoms with E-state index in [0.717, 1.165) is 10.5 Å². The third-order valence-electron chi connectivity index (χ3n) is 3.85. The molecule has 0 saturated heterocycles. The fourth-order valence-electron chi connectivity index (χ4n) is 2.43. The van der Waals surface area contributed by atoms with Crippen LogP contribution in [0, 0.1) is 17.0 Å². The highest BCUT2D eigenvalue weighted by molar-refractivity contribution is 7.99. The molecule has 7 heteroatoms. The number of nitro groups is 1. The number of rotatable bonds is 5. The Labute approximate surface area is 165 Å². The summed E-state index contributed by atoms with van der Waals surface area (Å²) in [4.78, 5) is 25.0. The first-order valence-electron chi connectivity index (χ1n) is 8.03. The number of hydrogen-bond donors (Lipinski definition) is 1. The molecule has 3 aromatic carbocycles. The van der Waals surface area contributed by atoms with Gasteiger partial charge in [-0.2, -0.15) is 0 Å². The maximum atomic E-state index is 12.8. The molecule has 27 heavy (non-hydrogen) atoms. The van der Waals surface area contributed by atoms with Crippen molar-refractivity contribution in [3.63, 3.8) is 0 Å². The number of amides is 1. The fourth-order valence-corrected chi connectivity index (χ4v) is 3.48. The molecule has 0 radical (unpaired) electrons. The van der Waals surface area contributed by atoms with Crippen molar-refractivity contribution in [2.24, 2.45) is 0 Å². The van der Waals surface area contributed by atoms with Crippen molar-refractivity contribution in [3.05, 3.63) is 93.0 Å². The van der Waals surface area contributed by atoms with Gasteiger partial charge in [0, 0.05) is 32.6 Å². The van der Waals surface area contributed by atoms with Gasteiger partial charge in [-0.3, -0.25) is 14.9 Å². The van der Waals surface area contributed by atoms with E-state index in [1.165, 1.54) is 23.9 Å². The van der Waals surface area contributed by atoms with Gasteiger partial charge in [0.1, 0.15) is 0 Å². The number of nitro benzene ring substituents is 1. The van der Waals surface area contributed by atoms with Crippen LogP contribution in [-0.2, 0) is 0 Å². The van der Waals surface area contributed by atoms with Crippen molar-refractivity contribution in [1.29, 1.82) is 0 Å². The van der Waals surface area contributed by atoms with Gasteiger partial charge in [-0.25, -0.2) is 0 Å². The van der Waals surface area contributed by atoms with Gasteiger partial charge >= 0.3 is 0 Å². The zero-order chi connectivity index (χ0) is 19.4. The van der Waals surface area contributed by atoms with Crippen molar-refractivity contribution < 1.29 is 9.72 Å². The minimum absolute atomic E-state index is 0.134. The molecule has 0 atom stereocenters. The Hall–Kier alpha value is -2.83. The molecule has 3 rings (SSSR count). The molecule has 1 amide bonds. The summed E-state index contributed by atoms with van der Waals surface area (Å²) in [5.41, 5.74) is 1.68. The number of benzene rings is 3. The van der Waals surface area contributed by atoms with Crippen molar-refractivity contribution in [3.8, 4) is 0 Å². The highest BCUT2D eigenvalue weighted by atomic mass is 35.5. The first-order chi connectivity index (χ1) is 12.9. The molecule has 0 saturated carbocycles. The predicted octanol–water partition coefficient (Wildman–Crippen LogP) is 5.96. The van der Waals surface area contributed by atoms with Crippen molar-refractivity contribution >= 4 is 40.6 Å². The topological polar surface area (TPSA) is 72.2 Å². The molecule has 0 unspecified atom stereocenters. The number of nitrogens with zero attached hydrogens (tertiary/aromatic N) is 1. The van der Waals surface area contributed by atoms with Gasteiger partial charge in [0.2, 0.25) is 0 Å². The Kier molecular flexibility index (Phi) is 5.78. The molecule has 1 N–H and O–H groups in total. The highest BCUT2D eigenvalue weighted by Gasteiger charge is 2.18. The van der Waals surface area contributed by atoms with E-state index in [1.807, 2.05) is 37.3 Å². The van der Waals surface area contributed by atoms with Crippen LogP contribution < -0.4 is 5.32 Å². The zero-order valence-corrected chi connectivity index (χ0v) is 15.9. The maximum absolute atomic E-state index is 12.8. The number of carbonyl (C=O) groups is 1. The monoisotopic (exact) mass is 398 g/mol.